The van der Waals surface area contributed by atoms with Crippen LogP contribution in [0.25, 0.3) is 0 Å². The summed E-state index contributed by atoms with van der Waals surface area (Å²) in [7, 11) is 0. The van der Waals surface area contributed by atoms with Crippen LogP contribution in [0, 0.1) is 0 Å². The predicted molar refractivity (Wildman–Crippen MR) is 61.2 cm³/mol. The lowest BCUT2D eigenvalue weighted by atomic mass is 10.3. The first kappa shape index (κ1) is 13.9. The summed E-state index contributed by atoms with van der Waals surface area (Å²) in [6.07, 6.45) is 3.63. The summed E-state index contributed by atoms with van der Waals surface area (Å²) in [4.78, 5) is 0. The molecule has 0 aromatic carbocycles. The molecule has 0 aliphatic carbocycles. The standard InChI is InChI=1S/C12H24O4/c1-3-5-7-13-11-12(14-8-6-4-2)16-10-9-15-11/h11-12H,3-10H2,1-2H3/t11-,12-/m1/s1. The van der Waals surface area contributed by atoms with Crippen LogP contribution in [0.2, 0.25) is 0 Å². The Balaban J connectivity index is 2.20. The molecule has 0 spiro atoms. The van der Waals surface area contributed by atoms with E-state index in [4.69, 9.17) is 18.9 Å². The fraction of sp³-hybridized carbons (Fsp3) is 1.00. The van der Waals surface area contributed by atoms with Crippen molar-refractivity contribution in [2.45, 2.75) is 52.1 Å². The summed E-state index contributed by atoms with van der Waals surface area (Å²) in [5.74, 6) is 0. The highest BCUT2D eigenvalue weighted by atomic mass is 16.8. The fourth-order valence-corrected chi connectivity index (χ4v) is 1.43. The Hall–Kier alpha value is -0.160. The van der Waals surface area contributed by atoms with E-state index in [1.54, 1.807) is 0 Å². The number of ether oxygens (including phenoxy) is 4. The van der Waals surface area contributed by atoms with Crippen molar-refractivity contribution in [3.8, 4) is 0 Å². The van der Waals surface area contributed by atoms with Crippen LogP contribution in [0.4, 0.5) is 0 Å². The van der Waals surface area contributed by atoms with Crippen molar-refractivity contribution in [2.75, 3.05) is 26.4 Å². The summed E-state index contributed by atoms with van der Waals surface area (Å²) in [6.45, 7) is 6.86. The molecule has 0 amide bonds. The second-order valence-electron chi connectivity index (χ2n) is 3.93. The van der Waals surface area contributed by atoms with Crippen LogP contribution >= 0.6 is 0 Å². The van der Waals surface area contributed by atoms with Crippen LogP contribution in [-0.4, -0.2) is 39.0 Å². The summed E-state index contributed by atoms with van der Waals surface area (Å²) in [6, 6.07) is 0. The molecule has 16 heavy (non-hydrogen) atoms. The van der Waals surface area contributed by atoms with E-state index in [1.807, 2.05) is 0 Å². The van der Waals surface area contributed by atoms with Gasteiger partial charge in [0.05, 0.1) is 13.2 Å². The first-order chi connectivity index (χ1) is 7.88. The molecule has 0 bridgehead atoms. The van der Waals surface area contributed by atoms with Gasteiger partial charge in [-0.15, -0.1) is 0 Å². The molecule has 0 unspecified atom stereocenters. The van der Waals surface area contributed by atoms with Gasteiger partial charge in [0.1, 0.15) is 0 Å². The van der Waals surface area contributed by atoms with E-state index in [-0.39, 0.29) is 12.6 Å². The smallest absolute Gasteiger partial charge is 0.209 e. The highest BCUT2D eigenvalue weighted by Gasteiger charge is 2.28. The summed E-state index contributed by atoms with van der Waals surface area (Å²) < 4.78 is 22.2. The van der Waals surface area contributed by atoms with E-state index in [0.29, 0.717) is 26.4 Å². The summed E-state index contributed by atoms with van der Waals surface area (Å²) in [5, 5.41) is 0. The van der Waals surface area contributed by atoms with Crippen LogP contribution in [-0.2, 0) is 18.9 Å². The second kappa shape index (κ2) is 8.93. The molecule has 2 atom stereocenters. The Morgan fingerprint density at radius 3 is 1.69 bits per heavy atom. The average Bonchev–Trinajstić information content (AvgIpc) is 2.32. The molecule has 0 saturated carbocycles. The molecule has 0 aromatic heterocycles. The largest absolute Gasteiger partial charge is 0.348 e. The first-order valence-corrected chi connectivity index (χ1v) is 6.35. The lowest BCUT2D eigenvalue weighted by molar-refractivity contribution is -0.320. The third kappa shape index (κ3) is 5.25. The molecule has 4 nitrogen and oxygen atoms in total. The Morgan fingerprint density at radius 1 is 0.875 bits per heavy atom. The molecule has 96 valence electrons. The molecule has 1 heterocycles. The Bertz CT molecular complexity index is 145. The molecular weight excluding hydrogens is 208 g/mol. The van der Waals surface area contributed by atoms with E-state index < -0.39 is 0 Å². The maximum absolute atomic E-state index is 5.59. The van der Waals surface area contributed by atoms with E-state index in [9.17, 15) is 0 Å². The zero-order valence-electron chi connectivity index (χ0n) is 10.4. The van der Waals surface area contributed by atoms with Gasteiger partial charge in [-0.1, -0.05) is 26.7 Å². The van der Waals surface area contributed by atoms with Crippen LogP contribution in [0.1, 0.15) is 39.5 Å². The van der Waals surface area contributed by atoms with Gasteiger partial charge in [-0.3, -0.25) is 0 Å². The van der Waals surface area contributed by atoms with E-state index in [2.05, 4.69) is 13.8 Å². The maximum atomic E-state index is 5.59. The number of hydrogen-bond acceptors (Lipinski definition) is 4. The molecule has 1 fully saturated rings. The zero-order chi connectivity index (χ0) is 11.6. The molecule has 0 aromatic rings. The van der Waals surface area contributed by atoms with Crippen LogP contribution in [0.5, 0.6) is 0 Å². The van der Waals surface area contributed by atoms with E-state index >= 15 is 0 Å². The first-order valence-electron chi connectivity index (χ1n) is 6.35. The summed E-state index contributed by atoms with van der Waals surface area (Å²) in [5.41, 5.74) is 0. The number of hydrogen-bond donors (Lipinski definition) is 0. The molecular formula is C12H24O4. The minimum absolute atomic E-state index is 0.350. The van der Waals surface area contributed by atoms with Crippen molar-refractivity contribution in [1.29, 1.82) is 0 Å². The third-order valence-electron chi connectivity index (χ3n) is 2.43. The van der Waals surface area contributed by atoms with Gasteiger partial charge < -0.3 is 18.9 Å². The van der Waals surface area contributed by atoms with Crippen molar-refractivity contribution in [3.05, 3.63) is 0 Å². The van der Waals surface area contributed by atoms with Gasteiger partial charge in [-0.25, -0.2) is 0 Å². The molecule has 0 radical (unpaired) electrons. The number of rotatable bonds is 8. The molecule has 1 saturated heterocycles. The Morgan fingerprint density at radius 2 is 1.31 bits per heavy atom. The van der Waals surface area contributed by atoms with Gasteiger partial charge in [-0.05, 0) is 12.8 Å². The normalized spacial score (nSPS) is 25.9. The van der Waals surface area contributed by atoms with Gasteiger partial charge in [0.25, 0.3) is 0 Å². The monoisotopic (exact) mass is 232 g/mol. The minimum atomic E-state index is -0.350. The molecule has 1 aliphatic heterocycles. The SMILES string of the molecule is CCCCO[C@@H]1OCCO[C@H]1OCCCC. The lowest BCUT2D eigenvalue weighted by Crippen LogP contribution is -2.42. The van der Waals surface area contributed by atoms with Gasteiger partial charge in [0.15, 0.2) is 0 Å². The van der Waals surface area contributed by atoms with Crippen molar-refractivity contribution in [1.82, 2.24) is 0 Å². The summed E-state index contributed by atoms with van der Waals surface area (Å²) >= 11 is 0. The lowest BCUT2D eigenvalue weighted by Gasteiger charge is -2.31. The van der Waals surface area contributed by atoms with Crippen molar-refractivity contribution < 1.29 is 18.9 Å². The van der Waals surface area contributed by atoms with Crippen molar-refractivity contribution in [2.24, 2.45) is 0 Å². The van der Waals surface area contributed by atoms with Crippen LogP contribution in [0.15, 0.2) is 0 Å². The van der Waals surface area contributed by atoms with E-state index in [1.165, 1.54) is 0 Å². The second-order valence-corrected chi connectivity index (χ2v) is 3.93. The predicted octanol–water partition coefficient (Wildman–Crippen LogP) is 2.32. The van der Waals surface area contributed by atoms with Crippen LogP contribution < -0.4 is 0 Å². The van der Waals surface area contributed by atoms with Crippen molar-refractivity contribution in [3.63, 3.8) is 0 Å². The quantitative estimate of drug-likeness (QED) is 0.602. The minimum Gasteiger partial charge on any atom is -0.348 e. The third-order valence-corrected chi connectivity index (χ3v) is 2.43. The van der Waals surface area contributed by atoms with E-state index in [0.717, 1.165) is 25.7 Å². The van der Waals surface area contributed by atoms with Gasteiger partial charge in [0, 0.05) is 13.2 Å². The molecule has 1 aliphatic rings. The Kier molecular flexibility index (Phi) is 7.76. The molecule has 1 rings (SSSR count). The number of unbranched alkanes of at least 4 members (excludes halogenated alkanes) is 2. The topological polar surface area (TPSA) is 36.9 Å². The van der Waals surface area contributed by atoms with Crippen LogP contribution in [0.3, 0.4) is 0 Å². The molecule has 0 N–H and O–H groups in total. The highest BCUT2D eigenvalue weighted by Crippen LogP contribution is 2.14. The van der Waals surface area contributed by atoms with Crippen molar-refractivity contribution >= 4 is 0 Å². The molecule has 4 heteroatoms. The fourth-order valence-electron chi connectivity index (χ4n) is 1.43. The zero-order valence-corrected chi connectivity index (χ0v) is 10.4. The van der Waals surface area contributed by atoms with Gasteiger partial charge in [0.2, 0.25) is 12.6 Å². The van der Waals surface area contributed by atoms with Gasteiger partial charge in [-0.2, -0.15) is 0 Å². The van der Waals surface area contributed by atoms with Gasteiger partial charge >= 0.3 is 0 Å². The Labute approximate surface area is 98.2 Å². The maximum Gasteiger partial charge on any atom is 0.209 e. The highest BCUT2D eigenvalue weighted by molar-refractivity contribution is 4.57. The average molecular weight is 232 g/mol.